The SMILES string of the molecule is Cc1cc(NCc2ccc3c(c2)OCO3)nc(Nc2ccccc2C(C)(C)C)n1. The van der Waals surface area contributed by atoms with E-state index in [1.54, 1.807) is 0 Å². The van der Waals surface area contributed by atoms with E-state index in [1.807, 2.05) is 37.3 Å². The van der Waals surface area contributed by atoms with Crippen LogP contribution in [0.25, 0.3) is 0 Å². The molecule has 2 heterocycles. The third-order valence-corrected chi connectivity index (χ3v) is 4.75. The molecule has 0 aliphatic carbocycles. The second kappa shape index (κ2) is 7.62. The quantitative estimate of drug-likeness (QED) is 0.627. The number of aryl methyl sites for hydroxylation is 1. The number of benzene rings is 2. The van der Waals surface area contributed by atoms with E-state index in [0.29, 0.717) is 12.5 Å². The maximum absolute atomic E-state index is 5.45. The lowest BCUT2D eigenvalue weighted by atomic mass is 9.86. The number of nitrogens with one attached hydrogen (secondary N) is 2. The van der Waals surface area contributed by atoms with E-state index < -0.39 is 0 Å². The van der Waals surface area contributed by atoms with Crippen molar-refractivity contribution in [3.63, 3.8) is 0 Å². The first-order chi connectivity index (χ1) is 13.9. The molecule has 0 saturated heterocycles. The predicted octanol–water partition coefficient (Wildman–Crippen LogP) is 5.17. The Balaban J connectivity index is 1.51. The Kier molecular flexibility index (Phi) is 5.01. The number of fused-ring (bicyclic) bond motifs is 1. The molecule has 2 N–H and O–H groups in total. The van der Waals surface area contributed by atoms with Crippen molar-refractivity contribution in [2.45, 2.75) is 39.7 Å². The van der Waals surface area contributed by atoms with Crippen LogP contribution in [0.1, 0.15) is 37.6 Å². The monoisotopic (exact) mass is 390 g/mol. The highest BCUT2D eigenvalue weighted by Crippen LogP contribution is 2.33. The highest BCUT2D eigenvalue weighted by molar-refractivity contribution is 5.61. The Morgan fingerprint density at radius 3 is 2.59 bits per heavy atom. The largest absolute Gasteiger partial charge is 0.454 e. The summed E-state index contributed by atoms with van der Waals surface area (Å²) in [6.45, 7) is 9.47. The number of anilines is 3. The number of hydrogen-bond acceptors (Lipinski definition) is 6. The number of ether oxygens (including phenoxy) is 2. The summed E-state index contributed by atoms with van der Waals surface area (Å²) in [5.74, 6) is 2.92. The molecule has 0 radical (unpaired) electrons. The first kappa shape index (κ1) is 19.1. The van der Waals surface area contributed by atoms with E-state index in [1.165, 1.54) is 5.56 Å². The van der Waals surface area contributed by atoms with Gasteiger partial charge in [0.05, 0.1) is 0 Å². The molecule has 6 heteroatoms. The minimum absolute atomic E-state index is 0.0217. The molecule has 0 fully saturated rings. The fraction of sp³-hybridized carbons (Fsp3) is 0.304. The Morgan fingerprint density at radius 1 is 0.966 bits per heavy atom. The van der Waals surface area contributed by atoms with Gasteiger partial charge in [-0.15, -0.1) is 0 Å². The van der Waals surface area contributed by atoms with Crippen molar-refractivity contribution in [2.24, 2.45) is 0 Å². The van der Waals surface area contributed by atoms with Gasteiger partial charge < -0.3 is 20.1 Å². The summed E-state index contributed by atoms with van der Waals surface area (Å²) in [5.41, 5.74) is 4.25. The van der Waals surface area contributed by atoms with E-state index >= 15 is 0 Å². The standard InChI is InChI=1S/C23H26N4O2/c1-15-11-21(24-13-16-9-10-19-20(12-16)29-14-28-19)27-22(25-15)26-18-8-6-5-7-17(18)23(2,3)4/h5-12H,13-14H2,1-4H3,(H2,24,25,26,27). The summed E-state index contributed by atoms with van der Waals surface area (Å²) in [6.07, 6.45) is 0. The van der Waals surface area contributed by atoms with Crippen LogP contribution in [0.4, 0.5) is 17.5 Å². The molecule has 0 spiro atoms. The number of rotatable bonds is 5. The maximum atomic E-state index is 5.45. The van der Waals surface area contributed by atoms with E-state index in [2.05, 4.69) is 59.6 Å². The normalized spacial score (nSPS) is 12.7. The second-order valence-electron chi connectivity index (χ2n) is 8.18. The molecule has 3 aromatic rings. The Hall–Kier alpha value is -3.28. The smallest absolute Gasteiger partial charge is 0.231 e. The van der Waals surface area contributed by atoms with Crippen molar-refractivity contribution in [3.8, 4) is 11.5 Å². The van der Waals surface area contributed by atoms with Gasteiger partial charge in [-0.2, -0.15) is 4.98 Å². The summed E-state index contributed by atoms with van der Waals surface area (Å²) >= 11 is 0. The molecule has 150 valence electrons. The topological polar surface area (TPSA) is 68.3 Å². The van der Waals surface area contributed by atoms with Gasteiger partial charge in [-0.25, -0.2) is 4.98 Å². The molecule has 0 atom stereocenters. The first-order valence-corrected chi connectivity index (χ1v) is 9.73. The van der Waals surface area contributed by atoms with Crippen molar-refractivity contribution in [1.29, 1.82) is 0 Å². The van der Waals surface area contributed by atoms with Gasteiger partial charge >= 0.3 is 0 Å². The highest BCUT2D eigenvalue weighted by Gasteiger charge is 2.18. The molecule has 1 aliphatic rings. The van der Waals surface area contributed by atoms with Crippen molar-refractivity contribution in [2.75, 3.05) is 17.4 Å². The Bertz CT molecular complexity index is 1030. The van der Waals surface area contributed by atoms with Crippen molar-refractivity contribution < 1.29 is 9.47 Å². The average molecular weight is 390 g/mol. The molecule has 0 bridgehead atoms. The van der Waals surface area contributed by atoms with E-state index in [0.717, 1.165) is 34.3 Å². The molecule has 4 rings (SSSR count). The average Bonchev–Trinajstić information content (AvgIpc) is 3.13. The lowest BCUT2D eigenvalue weighted by Crippen LogP contribution is -2.14. The van der Waals surface area contributed by atoms with Crippen LogP contribution in [0.15, 0.2) is 48.5 Å². The minimum atomic E-state index is 0.0217. The molecule has 1 aromatic heterocycles. The van der Waals surface area contributed by atoms with Gasteiger partial charge in [-0.1, -0.05) is 45.0 Å². The van der Waals surface area contributed by atoms with Crippen LogP contribution in [0, 0.1) is 6.92 Å². The van der Waals surface area contributed by atoms with Crippen molar-refractivity contribution in [1.82, 2.24) is 9.97 Å². The van der Waals surface area contributed by atoms with Crippen LogP contribution in [0.2, 0.25) is 0 Å². The lowest BCUT2D eigenvalue weighted by molar-refractivity contribution is 0.174. The molecule has 1 aliphatic heterocycles. The van der Waals surface area contributed by atoms with Gasteiger partial charge in [0.15, 0.2) is 11.5 Å². The molecule has 2 aromatic carbocycles. The van der Waals surface area contributed by atoms with Gasteiger partial charge in [0.2, 0.25) is 12.7 Å². The van der Waals surface area contributed by atoms with E-state index in [4.69, 9.17) is 9.47 Å². The zero-order valence-electron chi connectivity index (χ0n) is 17.2. The lowest BCUT2D eigenvalue weighted by Gasteiger charge is -2.23. The minimum Gasteiger partial charge on any atom is -0.454 e. The van der Waals surface area contributed by atoms with Gasteiger partial charge in [0, 0.05) is 24.0 Å². The molecule has 29 heavy (non-hydrogen) atoms. The van der Waals surface area contributed by atoms with Crippen molar-refractivity contribution >= 4 is 17.5 Å². The van der Waals surface area contributed by atoms with Crippen LogP contribution >= 0.6 is 0 Å². The number of hydrogen-bond donors (Lipinski definition) is 2. The number of nitrogens with zero attached hydrogens (tertiary/aromatic N) is 2. The van der Waals surface area contributed by atoms with Crippen LogP contribution < -0.4 is 20.1 Å². The molecule has 0 unspecified atom stereocenters. The van der Waals surface area contributed by atoms with Gasteiger partial charge in [0.25, 0.3) is 0 Å². The first-order valence-electron chi connectivity index (χ1n) is 9.73. The van der Waals surface area contributed by atoms with Crippen LogP contribution in [-0.4, -0.2) is 16.8 Å². The Morgan fingerprint density at radius 2 is 1.76 bits per heavy atom. The third kappa shape index (κ3) is 4.42. The zero-order valence-corrected chi connectivity index (χ0v) is 17.2. The highest BCUT2D eigenvalue weighted by atomic mass is 16.7. The van der Waals surface area contributed by atoms with Crippen molar-refractivity contribution in [3.05, 3.63) is 65.4 Å². The van der Waals surface area contributed by atoms with Crippen LogP contribution in [0.5, 0.6) is 11.5 Å². The number of aromatic nitrogens is 2. The van der Waals surface area contributed by atoms with Crippen LogP contribution in [0.3, 0.4) is 0 Å². The van der Waals surface area contributed by atoms with Gasteiger partial charge in [-0.3, -0.25) is 0 Å². The summed E-state index contributed by atoms with van der Waals surface area (Å²) in [6, 6.07) is 16.2. The molecule has 0 amide bonds. The zero-order chi connectivity index (χ0) is 20.4. The molecular formula is C23H26N4O2. The fourth-order valence-corrected chi connectivity index (χ4v) is 3.33. The maximum Gasteiger partial charge on any atom is 0.231 e. The molecular weight excluding hydrogens is 364 g/mol. The number of para-hydroxylation sites is 1. The van der Waals surface area contributed by atoms with Gasteiger partial charge in [-0.05, 0) is 41.7 Å². The molecule has 6 nitrogen and oxygen atoms in total. The summed E-state index contributed by atoms with van der Waals surface area (Å²) in [7, 11) is 0. The second-order valence-corrected chi connectivity index (χ2v) is 8.18. The van der Waals surface area contributed by atoms with E-state index in [9.17, 15) is 0 Å². The predicted molar refractivity (Wildman–Crippen MR) is 115 cm³/mol. The molecule has 0 saturated carbocycles. The Labute approximate surface area is 171 Å². The fourth-order valence-electron chi connectivity index (χ4n) is 3.33. The summed E-state index contributed by atoms with van der Waals surface area (Å²) in [5, 5.41) is 6.77. The van der Waals surface area contributed by atoms with Crippen LogP contribution in [-0.2, 0) is 12.0 Å². The van der Waals surface area contributed by atoms with E-state index in [-0.39, 0.29) is 12.2 Å². The third-order valence-electron chi connectivity index (χ3n) is 4.75. The summed E-state index contributed by atoms with van der Waals surface area (Å²) in [4.78, 5) is 9.21. The van der Waals surface area contributed by atoms with Gasteiger partial charge in [0.1, 0.15) is 5.82 Å². The summed E-state index contributed by atoms with van der Waals surface area (Å²) < 4.78 is 10.8.